The number of allylic oxidation sites excluding steroid dienone is 1. The van der Waals surface area contributed by atoms with Crippen molar-refractivity contribution < 1.29 is 9.47 Å². The molecule has 19 heavy (non-hydrogen) atoms. The second-order valence-electron chi connectivity index (χ2n) is 4.93. The summed E-state index contributed by atoms with van der Waals surface area (Å²) in [4.78, 5) is 0. The SMILES string of the molecule is COC/C(=C/Cc1ccc2c(c1)CCO2)CCCN. The fourth-order valence-corrected chi connectivity index (χ4v) is 2.38. The third kappa shape index (κ3) is 4.08. The summed E-state index contributed by atoms with van der Waals surface area (Å²) in [5.74, 6) is 1.05. The van der Waals surface area contributed by atoms with Crippen molar-refractivity contribution >= 4 is 0 Å². The molecule has 3 nitrogen and oxygen atoms in total. The Hall–Kier alpha value is -1.32. The number of hydrogen-bond acceptors (Lipinski definition) is 3. The van der Waals surface area contributed by atoms with Crippen LogP contribution in [-0.4, -0.2) is 26.9 Å². The van der Waals surface area contributed by atoms with Crippen molar-refractivity contribution in [3.8, 4) is 5.75 Å². The molecule has 0 saturated heterocycles. The third-order valence-corrected chi connectivity index (χ3v) is 3.41. The van der Waals surface area contributed by atoms with Crippen LogP contribution in [-0.2, 0) is 17.6 Å². The van der Waals surface area contributed by atoms with E-state index in [0.717, 1.165) is 44.6 Å². The van der Waals surface area contributed by atoms with Gasteiger partial charge in [-0.1, -0.05) is 18.2 Å². The second kappa shape index (κ2) is 7.31. The van der Waals surface area contributed by atoms with E-state index in [1.807, 2.05) is 0 Å². The van der Waals surface area contributed by atoms with Gasteiger partial charge >= 0.3 is 0 Å². The van der Waals surface area contributed by atoms with E-state index in [0.29, 0.717) is 6.61 Å². The molecule has 0 unspecified atom stereocenters. The highest BCUT2D eigenvalue weighted by molar-refractivity contribution is 5.40. The molecule has 1 heterocycles. The summed E-state index contributed by atoms with van der Waals surface area (Å²) in [6.45, 7) is 2.26. The minimum absolute atomic E-state index is 0.702. The first kappa shape index (κ1) is 14.1. The molecule has 0 aliphatic carbocycles. The summed E-state index contributed by atoms with van der Waals surface area (Å²) in [5, 5.41) is 0. The van der Waals surface area contributed by atoms with Crippen LogP contribution in [0.15, 0.2) is 29.8 Å². The quantitative estimate of drug-likeness (QED) is 0.767. The predicted molar refractivity (Wildman–Crippen MR) is 77.6 cm³/mol. The topological polar surface area (TPSA) is 44.5 Å². The molecule has 0 fully saturated rings. The second-order valence-corrected chi connectivity index (χ2v) is 4.93. The Kier molecular flexibility index (Phi) is 5.43. The van der Waals surface area contributed by atoms with Gasteiger partial charge < -0.3 is 15.2 Å². The largest absolute Gasteiger partial charge is 0.493 e. The van der Waals surface area contributed by atoms with Crippen LogP contribution >= 0.6 is 0 Å². The molecule has 1 aliphatic heterocycles. The molecule has 1 aromatic rings. The van der Waals surface area contributed by atoms with Crippen molar-refractivity contribution in [1.29, 1.82) is 0 Å². The lowest BCUT2D eigenvalue weighted by Gasteiger charge is -2.07. The van der Waals surface area contributed by atoms with Gasteiger partial charge in [0.1, 0.15) is 5.75 Å². The number of hydrogen-bond donors (Lipinski definition) is 1. The minimum Gasteiger partial charge on any atom is -0.493 e. The zero-order valence-electron chi connectivity index (χ0n) is 11.7. The number of methoxy groups -OCH3 is 1. The third-order valence-electron chi connectivity index (χ3n) is 3.41. The lowest BCUT2D eigenvalue weighted by molar-refractivity contribution is 0.222. The highest BCUT2D eigenvalue weighted by Crippen LogP contribution is 2.26. The standard InChI is InChI=1S/C16H23NO2/c1-18-12-14(3-2-9-17)5-4-13-6-7-16-15(11-13)8-10-19-16/h5-7,11H,2-4,8-10,12,17H2,1H3/b14-5+. The Balaban J connectivity index is 1.98. The summed E-state index contributed by atoms with van der Waals surface area (Å²) >= 11 is 0. The molecule has 0 atom stereocenters. The van der Waals surface area contributed by atoms with E-state index < -0.39 is 0 Å². The van der Waals surface area contributed by atoms with Gasteiger partial charge in [-0.05, 0) is 48.6 Å². The van der Waals surface area contributed by atoms with Crippen LogP contribution in [0.1, 0.15) is 24.0 Å². The van der Waals surface area contributed by atoms with E-state index in [2.05, 4.69) is 24.3 Å². The molecule has 0 aromatic heterocycles. The molecule has 1 aromatic carbocycles. The summed E-state index contributed by atoms with van der Waals surface area (Å²) in [6, 6.07) is 6.49. The number of fused-ring (bicyclic) bond motifs is 1. The van der Waals surface area contributed by atoms with Gasteiger partial charge in [0.05, 0.1) is 13.2 Å². The molecule has 2 N–H and O–H groups in total. The van der Waals surface area contributed by atoms with Crippen LogP contribution in [0.4, 0.5) is 0 Å². The molecule has 3 heteroatoms. The number of ether oxygens (including phenoxy) is 2. The average Bonchev–Trinajstić information content (AvgIpc) is 2.89. The van der Waals surface area contributed by atoms with Gasteiger partial charge in [0.2, 0.25) is 0 Å². The Morgan fingerprint density at radius 1 is 1.47 bits per heavy atom. The van der Waals surface area contributed by atoms with Gasteiger partial charge in [-0.25, -0.2) is 0 Å². The monoisotopic (exact) mass is 261 g/mol. The highest BCUT2D eigenvalue weighted by Gasteiger charge is 2.11. The average molecular weight is 261 g/mol. The van der Waals surface area contributed by atoms with Crippen molar-refractivity contribution in [2.45, 2.75) is 25.7 Å². The lowest BCUT2D eigenvalue weighted by atomic mass is 10.0. The van der Waals surface area contributed by atoms with Gasteiger partial charge in [-0.3, -0.25) is 0 Å². The van der Waals surface area contributed by atoms with Gasteiger partial charge in [0.15, 0.2) is 0 Å². The normalized spacial score (nSPS) is 14.3. The van der Waals surface area contributed by atoms with Crippen molar-refractivity contribution in [3.63, 3.8) is 0 Å². The van der Waals surface area contributed by atoms with Crippen LogP contribution in [0.5, 0.6) is 5.75 Å². The smallest absolute Gasteiger partial charge is 0.122 e. The van der Waals surface area contributed by atoms with E-state index in [-0.39, 0.29) is 0 Å². The molecule has 0 spiro atoms. The van der Waals surface area contributed by atoms with Crippen molar-refractivity contribution in [1.82, 2.24) is 0 Å². The van der Waals surface area contributed by atoms with Crippen LogP contribution in [0.2, 0.25) is 0 Å². The Morgan fingerprint density at radius 3 is 3.16 bits per heavy atom. The van der Waals surface area contributed by atoms with E-state index in [1.54, 1.807) is 7.11 Å². The molecule has 1 aliphatic rings. The minimum atomic E-state index is 0.702. The van der Waals surface area contributed by atoms with Crippen molar-refractivity contribution in [2.75, 3.05) is 26.9 Å². The Morgan fingerprint density at radius 2 is 2.37 bits per heavy atom. The summed E-state index contributed by atoms with van der Waals surface area (Å²) in [7, 11) is 1.74. The molecule has 0 radical (unpaired) electrons. The van der Waals surface area contributed by atoms with Gasteiger partial charge in [-0.2, -0.15) is 0 Å². The fraction of sp³-hybridized carbons (Fsp3) is 0.500. The van der Waals surface area contributed by atoms with E-state index >= 15 is 0 Å². The fourth-order valence-electron chi connectivity index (χ4n) is 2.38. The number of rotatable bonds is 7. The van der Waals surface area contributed by atoms with E-state index in [9.17, 15) is 0 Å². The maximum absolute atomic E-state index is 5.56. The van der Waals surface area contributed by atoms with Gasteiger partial charge in [0.25, 0.3) is 0 Å². The maximum Gasteiger partial charge on any atom is 0.122 e. The van der Waals surface area contributed by atoms with Gasteiger partial charge in [-0.15, -0.1) is 0 Å². The molecule has 0 saturated carbocycles. The first-order valence-electron chi connectivity index (χ1n) is 6.95. The summed E-state index contributed by atoms with van der Waals surface area (Å²) in [6.07, 6.45) is 6.31. The van der Waals surface area contributed by atoms with E-state index in [1.165, 1.54) is 16.7 Å². The van der Waals surface area contributed by atoms with Crippen molar-refractivity contribution in [2.24, 2.45) is 5.73 Å². The van der Waals surface area contributed by atoms with E-state index in [4.69, 9.17) is 15.2 Å². The molecular weight excluding hydrogens is 238 g/mol. The Bertz CT molecular complexity index is 440. The molecular formula is C16H23NO2. The predicted octanol–water partition coefficient (Wildman–Crippen LogP) is 2.48. The van der Waals surface area contributed by atoms with Crippen molar-refractivity contribution in [3.05, 3.63) is 41.0 Å². The number of benzene rings is 1. The van der Waals surface area contributed by atoms with Crippen LogP contribution < -0.4 is 10.5 Å². The summed E-state index contributed by atoms with van der Waals surface area (Å²) in [5.41, 5.74) is 9.57. The molecule has 0 bridgehead atoms. The first-order chi connectivity index (χ1) is 9.33. The number of nitrogens with two attached hydrogens (primary N) is 1. The first-order valence-corrected chi connectivity index (χ1v) is 6.95. The Labute approximate surface area is 115 Å². The maximum atomic E-state index is 5.56. The highest BCUT2D eigenvalue weighted by atomic mass is 16.5. The van der Waals surface area contributed by atoms with Gasteiger partial charge in [0, 0.05) is 13.5 Å². The zero-order valence-corrected chi connectivity index (χ0v) is 11.7. The molecule has 104 valence electrons. The van der Waals surface area contributed by atoms with Crippen LogP contribution in [0, 0.1) is 0 Å². The van der Waals surface area contributed by atoms with Crippen LogP contribution in [0.3, 0.4) is 0 Å². The molecule has 0 amide bonds. The zero-order chi connectivity index (χ0) is 13.5. The lowest BCUT2D eigenvalue weighted by Crippen LogP contribution is -2.02. The van der Waals surface area contributed by atoms with Crippen LogP contribution in [0.25, 0.3) is 0 Å². The molecule has 2 rings (SSSR count). The summed E-state index contributed by atoms with van der Waals surface area (Å²) < 4.78 is 10.8.